The molecule has 0 radical (unpaired) electrons. The number of nitrogens with two attached hydrogens (primary N) is 1. The molecule has 2 aromatic carbocycles. The lowest BCUT2D eigenvalue weighted by molar-refractivity contribution is -0.385. The van der Waals surface area contributed by atoms with Gasteiger partial charge in [0.15, 0.2) is 12.6 Å². The number of thioether (sulfide) groups is 1. The molecule has 2 N–H and O–H groups in total. The minimum absolute atomic E-state index is 0.0101. The van der Waals surface area contributed by atoms with Gasteiger partial charge >= 0.3 is 6.61 Å². The fourth-order valence-corrected chi connectivity index (χ4v) is 3.82. The van der Waals surface area contributed by atoms with Crippen molar-refractivity contribution in [3.05, 3.63) is 57.6 Å². The van der Waals surface area contributed by atoms with Crippen LogP contribution in [0.1, 0.15) is 11.1 Å². The zero-order valence-electron chi connectivity index (χ0n) is 15.7. The maximum atomic E-state index is 12.3. The lowest BCUT2D eigenvalue weighted by atomic mass is 10.1. The Bertz CT molecular complexity index is 1110. The number of fused-ring (bicyclic) bond motifs is 1. The number of alkyl halides is 2. The molecule has 0 fully saturated rings. The van der Waals surface area contributed by atoms with E-state index < -0.39 is 11.5 Å². The Morgan fingerprint density at radius 3 is 2.77 bits per heavy atom. The van der Waals surface area contributed by atoms with E-state index in [4.69, 9.17) is 15.3 Å². The number of nitrogens with zero attached hydrogens (tertiary/aromatic N) is 4. The summed E-state index contributed by atoms with van der Waals surface area (Å²) in [4.78, 5) is 10.8. The molecule has 2 heterocycles. The Morgan fingerprint density at radius 1 is 1.29 bits per heavy atom. The Balaban J connectivity index is 1.53. The summed E-state index contributed by atoms with van der Waals surface area (Å²) < 4.78 is 40.9. The number of aromatic nitrogens is 3. The summed E-state index contributed by atoms with van der Waals surface area (Å²) in [5.41, 5.74) is 1.69. The molecule has 0 saturated heterocycles. The SMILES string of the molecule is Nn1c(SCc2cc([N+](=O)[O-])cc3c2OCOC3)nnc1-c1ccc(OC(F)F)cc1. The molecule has 4 rings (SSSR count). The topological polar surface area (TPSA) is 128 Å². The molecule has 1 aliphatic heterocycles. The fraction of sp³-hybridized carbons (Fsp3) is 0.222. The van der Waals surface area contributed by atoms with Gasteiger partial charge in [-0.1, -0.05) is 11.8 Å². The molecular formula is C18H15F2N5O5S. The van der Waals surface area contributed by atoms with Crippen molar-refractivity contribution in [2.75, 3.05) is 12.6 Å². The summed E-state index contributed by atoms with van der Waals surface area (Å²) in [6, 6.07) is 8.68. The monoisotopic (exact) mass is 451 g/mol. The molecule has 0 unspecified atom stereocenters. The summed E-state index contributed by atoms with van der Waals surface area (Å²) in [7, 11) is 0. The first-order valence-corrected chi connectivity index (χ1v) is 9.80. The van der Waals surface area contributed by atoms with E-state index in [1.54, 1.807) is 0 Å². The van der Waals surface area contributed by atoms with Crippen LogP contribution in [0.5, 0.6) is 11.5 Å². The van der Waals surface area contributed by atoms with Crippen LogP contribution >= 0.6 is 11.8 Å². The number of nitro benzene ring substituents is 1. The normalized spacial score (nSPS) is 13.0. The van der Waals surface area contributed by atoms with Crippen molar-refractivity contribution in [3.63, 3.8) is 0 Å². The van der Waals surface area contributed by atoms with Crippen LogP contribution in [0, 0.1) is 10.1 Å². The number of nitrogen functional groups attached to an aromatic ring is 1. The predicted octanol–water partition coefficient (Wildman–Crippen LogP) is 3.33. The first-order valence-electron chi connectivity index (χ1n) is 8.81. The molecule has 10 nitrogen and oxygen atoms in total. The molecular weight excluding hydrogens is 436 g/mol. The van der Waals surface area contributed by atoms with Crippen molar-refractivity contribution in [2.24, 2.45) is 0 Å². The number of rotatable bonds is 7. The number of hydrogen-bond acceptors (Lipinski definition) is 9. The minimum Gasteiger partial charge on any atom is -0.467 e. The number of nitro groups is 1. The van der Waals surface area contributed by atoms with Crippen molar-refractivity contribution >= 4 is 17.4 Å². The van der Waals surface area contributed by atoms with E-state index in [1.165, 1.54) is 52.8 Å². The number of benzene rings is 2. The fourth-order valence-electron chi connectivity index (χ4n) is 2.99. The van der Waals surface area contributed by atoms with Crippen LogP contribution in [-0.2, 0) is 17.1 Å². The standard InChI is InChI=1S/C18H15F2N5O5S/c19-17(20)30-14-3-1-10(2-4-14)16-22-23-18(24(16)21)31-8-12-6-13(25(26)27)5-11-7-28-9-29-15(11)12/h1-6,17H,7-9,21H2. The van der Waals surface area contributed by atoms with E-state index >= 15 is 0 Å². The van der Waals surface area contributed by atoms with Gasteiger partial charge in [0, 0.05) is 34.6 Å². The quantitative estimate of drug-likeness (QED) is 0.249. The molecule has 31 heavy (non-hydrogen) atoms. The maximum Gasteiger partial charge on any atom is 0.387 e. The third-order valence-corrected chi connectivity index (χ3v) is 5.33. The van der Waals surface area contributed by atoms with E-state index in [1.807, 2.05) is 0 Å². The molecule has 1 aliphatic rings. The molecule has 0 amide bonds. The van der Waals surface area contributed by atoms with Gasteiger partial charge in [0.2, 0.25) is 5.16 Å². The van der Waals surface area contributed by atoms with Gasteiger partial charge in [0.25, 0.3) is 5.69 Å². The van der Waals surface area contributed by atoms with Gasteiger partial charge in [0.05, 0.1) is 11.5 Å². The minimum atomic E-state index is -2.91. The predicted molar refractivity (Wildman–Crippen MR) is 105 cm³/mol. The average molecular weight is 451 g/mol. The highest BCUT2D eigenvalue weighted by Crippen LogP contribution is 2.36. The second-order valence-corrected chi connectivity index (χ2v) is 7.27. The second-order valence-electron chi connectivity index (χ2n) is 6.33. The molecule has 1 aromatic heterocycles. The number of halogens is 2. The summed E-state index contributed by atoms with van der Waals surface area (Å²) in [5, 5.41) is 19.7. The highest BCUT2D eigenvalue weighted by atomic mass is 32.2. The van der Waals surface area contributed by atoms with Crippen LogP contribution in [0.2, 0.25) is 0 Å². The lowest BCUT2D eigenvalue weighted by Gasteiger charge is -2.20. The van der Waals surface area contributed by atoms with Crippen LogP contribution in [-0.4, -0.2) is 33.2 Å². The van der Waals surface area contributed by atoms with Crippen molar-refractivity contribution < 1.29 is 27.9 Å². The Kier molecular flexibility index (Phi) is 5.86. The van der Waals surface area contributed by atoms with Crippen molar-refractivity contribution in [2.45, 2.75) is 24.1 Å². The number of ether oxygens (including phenoxy) is 3. The Hall–Kier alpha value is -3.45. The third kappa shape index (κ3) is 4.51. The second kappa shape index (κ2) is 8.73. The van der Waals surface area contributed by atoms with Crippen LogP contribution in [0.4, 0.5) is 14.5 Å². The van der Waals surface area contributed by atoms with Gasteiger partial charge in [-0.3, -0.25) is 10.1 Å². The summed E-state index contributed by atoms with van der Waals surface area (Å²) in [5.74, 6) is 7.26. The highest BCUT2D eigenvalue weighted by Gasteiger charge is 2.22. The van der Waals surface area contributed by atoms with Crippen LogP contribution in [0.25, 0.3) is 11.4 Å². The van der Waals surface area contributed by atoms with Gasteiger partial charge in [0.1, 0.15) is 11.5 Å². The molecule has 0 bridgehead atoms. The Labute approximate surface area is 178 Å². The average Bonchev–Trinajstić information content (AvgIpc) is 3.12. The highest BCUT2D eigenvalue weighted by molar-refractivity contribution is 7.98. The summed E-state index contributed by atoms with van der Waals surface area (Å²) >= 11 is 1.22. The van der Waals surface area contributed by atoms with Crippen molar-refractivity contribution in [1.29, 1.82) is 0 Å². The van der Waals surface area contributed by atoms with Gasteiger partial charge in [-0.15, -0.1) is 10.2 Å². The summed E-state index contributed by atoms with van der Waals surface area (Å²) in [6.45, 7) is -2.63. The van der Waals surface area contributed by atoms with Crippen LogP contribution < -0.4 is 15.3 Å². The zero-order chi connectivity index (χ0) is 22.0. The lowest BCUT2D eigenvalue weighted by Crippen LogP contribution is -2.14. The first-order chi connectivity index (χ1) is 14.9. The molecule has 0 atom stereocenters. The van der Waals surface area contributed by atoms with E-state index in [0.717, 1.165) is 0 Å². The molecule has 162 valence electrons. The number of hydrogen-bond donors (Lipinski definition) is 1. The molecule has 13 heteroatoms. The van der Waals surface area contributed by atoms with Crippen LogP contribution in [0.3, 0.4) is 0 Å². The molecule has 3 aromatic rings. The maximum absolute atomic E-state index is 12.3. The van der Waals surface area contributed by atoms with Crippen molar-refractivity contribution in [1.82, 2.24) is 14.9 Å². The molecule has 0 saturated carbocycles. The molecule has 0 spiro atoms. The van der Waals surface area contributed by atoms with Gasteiger partial charge < -0.3 is 20.1 Å². The van der Waals surface area contributed by atoms with Gasteiger partial charge in [-0.2, -0.15) is 8.78 Å². The van der Waals surface area contributed by atoms with E-state index in [9.17, 15) is 18.9 Å². The van der Waals surface area contributed by atoms with Crippen molar-refractivity contribution in [3.8, 4) is 22.9 Å². The number of non-ortho nitro benzene ring substituents is 1. The van der Waals surface area contributed by atoms with E-state index in [-0.39, 0.29) is 24.8 Å². The largest absolute Gasteiger partial charge is 0.467 e. The van der Waals surface area contributed by atoms with Crippen LogP contribution in [0.15, 0.2) is 41.6 Å². The molecule has 0 aliphatic carbocycles. The van der Waals surface area contributed by atoms with Gasteiger partial charge in [-0.25, -0.2) is 4.68 Å². The van der Waals surface area contributed by atoms with Gasteiger partial charge in [-0.05, 0) is 24.3 Å². The van der Waals surface area contributed by atoms with E-state index in [2.05, 4.69) is 14.9 Å². The Morgan fingerprint density at radius 2 is 2.06 bits per heavy atom. The smallest absolute Gasteiger partial charge is 0.387 e. The van der Waals surface area contributed by atoms with E-state index in [0.29, 0.717) is 39.2 Å². The first kappa shape index (κ1) is 20.8. The summed E-state index contributed by atoms with van der Waals surface area (Å²) in [6.07, 6.45) is 0. The zero-order valence-corrected chi connectivity index (χ0v) is 16.6. The third-order valence-electron chi connectivity index (χ3n) is 4.34.